The second-order valence-electron chi connectivity index (χ2n) is 6.48. The van der Waals surface area contributed by atoms with Crippen molar-refractivity contribution in [3.05, 3.63) is 17.0 Å². The Kier molecular flexibility index (Phi) is 5.39. The van der Waals surface area contributed by atoms with Crippen LogP contribution in [0, 0.1) is 25.2 Å². The van der Waals surface area contributed by atoms with Crippen LogP contribution in [0.15, 0.2) is 4.52 Å². The summed E-state index contributed by atoms with van der Waals surface area (Å²) in [6.45, 7) is 8.41. The van der Waals surface area contributed by atoms with Gasteiger partial charge >= 0.3 is 5.97 Å². The van der Waals surface area contributed by atoms with Crippen molar-refractivity contribution in [1.29, 1.82) is 0 Å². The highest BCUT2D eigenvalue weighted by Gasteiger charge is 2.48. The van der Waals surface area contributed by atoms with Crippen molar-refractivity contribution in [1.82, 2.24) is 10.1 Å². The summed E-state index contributed by atoms with van der Waals surface area (Å²) in [5, 5.41) is 13.4. The quantitative estimate of drug-likeness (QED) is 0.856. The molecule has 128 valence electrons. The first-order valence-corrected chi connectivity index (χ1v) is 8.94. The number of rotatable bonds is 6. The van der Waals surface area contributed by atoms with Gasteiger partial charge < -0.3 is 14.5 Å². The smallest absolute Gasteiger partial charge is 0.311 e. The normalized spacial score (nSPS) is 21.2. The van der Waals surface area contributed by atoms with Crippen LogP contribution < -0.4 is 0 Å². The average molecular weight is 340 g/mol. The molecule has 23 heavy (non-hydrogen) atoms. The number of thioether (sulfide) groups is 1. The van der Waals surface area contributed by atoms with Gasteiger partial charge in [-0.05, 0) is 26.2 Å². The van der Waals surface area contributed by atoms with Gasteiger partial charge in [0.15, 0.2) is 0 Å². The summed E-state index contributed by atoms with van der Waals surface area (Å²) in [5.41, 5.74) is 1.08. The van der Waals surface area contributed by atoms with Crippen LogP contribution in [0.25, 0.3) is 0 Å². The first-order chi connectivity index (χ1) is 10.8. The van der Waals surface area contributed by atoms with Gasteiger partial charge in [-0.15, -0.1) is 11.8 Å². The third-order valence-electron chi connectivity index (χ3n) is 4.84. The predicted molar refractivity (Wildman–Crippen MR) is 88.2 cm³/mol. The van der Waals surface area contributed by atoms with Crippen molar-refractivity contribution in [2.75, 3.05) is 18.8 Å². The number of nitrogens with zero attached hydrogens (tertiary/aromatic N) is 2. The van der Waals surface area contributed by atoms with E-state index in [4.69, 9.17) is 4.52 Å². The van der Waals surface area contributed by atoms with Crippen molar-refractivity contribution in [2.24, 2.45) is 11.3 Å². The van der Waals surface area contributed by atoms with Gasteiger partial charge in [0.05, 0.1) is 16.9 Å². The molecule has 1 saturated heterocycles. The van der Waals surface area contributed by atoms with Crippen LogP contribution in [0.5, 0.6) is 0 Å². The van der Waals surface area contributed by atoms with Crippen LogP contribution in [-0.2, 0) is 15.3 Å². The number of amides is 1. The van der Waals surface area contributed by atoms with E-state index in [0.29, 0.717) is 31.0 Å². The Bertz CT molecular complexity index is 579. The van der Waals surface area contributed by atoms with Crippen LogP contribution >= 0.6 is 11.8 Å². The molecule has 2 rings (SSSR count). The monoisotopic (exact) mass is 340 g/mol. The van der Waals surface area contributed by atoms with Gasteiger partial charge in [0.2, 0.25) is 5.91 Å². The summed E-state index contributed by atoms with van der Waals surface area (Å²) >= 11 is 1.51. The minimum absolute atomic E-state index is 0.00513. The molecule has 1 unspecified atom stereocenters. The lowest BCUT2D eigenvalue weighted by molar-refractivity contribution is -0.151. The lowest BCUT2D eigenvalue weighted by atomic mass is 9.76. The zero-order valence-electron chi connectivity index (χ0n) is 14.1. The maximum absolute atomic E-state index is 12.3. The average Bonchev–Trinajstić information content (AvgIpc) is 3.06. The summed E-state index contributed by atoms with van der Waals surface area (Å²) < 4.78 is 5.11. The molecule has 1 N–H and O–H groups in total. The molecule has 0 radical (unpaired) electrons. The maximum Gasteiger partial charge on any atom is 0.311 e. The second kappa shape index (κ2) is 6.95. The fraction of sp³-hybridized carbons (Fsp3) is 0.688. The lowest BCUT2D eigenvalue weighted by Crippen LogP contribution is -2.41. The highest BCUT2D eigenvalue weighted by molar-refractivity contribution is 7.99. The summed E-state index contributed by atoms with van der Waals surface area (Å²) in [7, 11) is 0. The zero-order valence-corrected chi connectivity index (χ0v) is 14.9. The van der Waals surface area contributed by atoms with E-state index in [-0.39, 0.29) is 11.8 Å². The summed E-state index contributed by atoms with van der Waals surface area (Å²) in [4.78, 5) is 25.7. The molecule has 7 heteroatoms. The highest BCUT2D eigenvalue weighted by atomic mass is 32.2. The van der Waals surface area contributed by atoms with Gasteiger partial charge in [-0.1, -0.05) is 19.0 Å². The minimum atomic E-state index is -0.804. The SMILES string of the molecule is Cc1noc(C)c1CSCC(=O)N1CCC(C(=O)O)(C(C)C)C1. The molecule has 6 nitrogen and oxygen atoms in total. The van der Waals surface area contributed by atoms with E-state index in [1.165, 1.54) is 11.8 Å². The Morgan fingerprint density at radius 3 is 2.61 bits per heavy atom. The zero-order chi connectivity index (χ0) is 17.2. The van der Waals surface area contributed by atoms with Crippen molar-refractivity contribution in [3.63, 3.8) is 0 Å². The number of carbonyl (C=O) groups is 2. The molecule has 1 amide bonds. The van der Waals surface area contributed by atoms with Gasteiger partial charge in [-0.25, -0.2) is 0 Å². The fourth-order valence-electron chi connectivity index (χ4n) is 2.98. The van der Waals surface area contributed by atoms with E-state index in [0.717, 1.165) is 17.0 Å². The Labute approximate surface area is 140 Å². The van der Waals surface area contributed by atoms with Crippen LogP contribution in [0.4, 0.5) is 0 Å². The number of carboxylic acids is 1. The molecule has 1 aromatic heterocycles. The minimum Gasteiger partial charge on any atom is -0.481 e. The Hall–Kier alpha value is -1.50. The molecule has 1 aliphatic heterocycles. The molecule has 1 atom stereocenters. The van der Waals surface area contributed by atoms with E-state index >= 15 is 0 Å². The third-order valence-corrected chi connectivity index (χ3v) is 5.78. The molecule has 2 heterocycles. The Morgan fingerprint density at radius 2 is 2.13 bits per heavy atom. The molecule has 1 aliphatic rings. The van der Waals surface area contributed by atoms with Crippen molar-refractivity contribution >= 4 is 23.6 Å². The number of aliphatic carboxylic acids is 1. The molecular formula is C16H24N2O4S. The molecule has 1 fully saturated rings. The Morgan fingerprint density at radius 1 is 1.43 bits per heavy atom. The molecule has 0 saturated carbocycles. The van der Waals surface area contributed by atoms with Crippen LogP contribution in [0.2, 0.25) is 0 Å². The Balaban J connectivity index is 1.89. The van der Waals surface area contributed by atoms with E-state index in [1.54, 1.807) is 4.90 Å². The topological polar surface area (TPSA) is 83.6 Å². The number of aryl methyl sites for hydroxylation is 2. The predicted octanol–water partition coefficient (Wildman–Crippen LogP) is 2.48. The summed E-state index contributed by atoms with van der Waals surface area (Å²) in [6, 6.07) is 0. The van der Waals surface area contributed by atoms with Gasteiger partial charge in [-0.2, -0.15) is 0 Å². The standard InChI is InChI=1S/C16H24N2O4S/c1-10(2)16(15(20)21)5-6-18(9-16)14(19)8-23-7-13-11(3)17-22-12(13)4/h10H,5-9H2,1-4H3,(H,20,21). The first kappa shape index (κ1) is 17.8. The van der Waals surface area contributed by atoms with Crippen LogP contribution in [0.1, 0.15) is 37.3 Å². The highest BCUT2D eigenvalue weighted by Crippen LogP contribution is 2.38. The number of hydrogen-bond acceptors (Lipinski definition) is 5. The maximum atomic E-state index is 12.3. The second-order valence-corrected chi connectivity index (χ2v) is 7.46. The molecule has 0 aromatic carbocycles. The van der Waals surface area contributed by atoms with Crippen LogP contribution in [-0.4, -0.2) is 45.9 Å². The van der Waals surface area contributed by atoms with Crippen LogP contribution in [0.3, 0.4) is 0 Å². The van der Waals surface area contributed by atoms with Gasteiger partial charge in [-0.3, -0.25) is 9.59 Å². The third kappa shape index (κ3) is 3.54. The summed E-state index contributed by atoms with van der Waals surface area (Å²) in [5.74, 6) is 1.02. The summed E-state index contributed by atoms with van der Waals surface area (Å²) in [6.07, 6.45) is 0.528. The largest absolute Gasteiger partial charge is 0.481 e. The van der Waals surface area contributed by atoms with Crippen molar-refractivity contribution in [3.8, 4) is 0 Å². The van der Waals surface area contributed by atoms with Gasteiger partial charge in [0.1, 0.15) is 5.76 Å². The van der Waals surface area contributed by atoms with E-state index in [2.05, 4.69) is 5.16 Å². The molecule has 1 aromatic rings. The molecule has 0 spiro atoms. The van der Waals surface area contributed by atoms with Crippen molar-refractivity contribution in [2.45, 2.75) is 39.9 Å². The van der Waals surface area contributed by atoms with Crippen molar-refractivity contribution < 1.29 is 19.2 Å². The van der Waals surface area contributed by atoms with Gasteiger partial charge in [0.25, 0.3) is 0 Å². The number of hydrogen-bond donors (Lipinski definition) is 1. The number of aromatic nitrogens is 1. The first-order valence-electron chi connectivity index (χ1n) is 7.78. The number of likely N-dealkylation sites (tertiary alicyclic amines) is 1. The number of carboxylic acid groups (broad SMARTS) is 1. The van der Waals surface area contributed by atoms with E-state index < -0.39 is 11.4 Å². The number of carbonyl (C=O) groups excluding carboxylic acids is 1. The van der Waals surface area contributed by atoms with E-state index in [1.807, 2.05) is 27.7 Å². The van der Waals surface area contributed by atoms with Gasteiger partial charge in [0, 0.05) is 24.4 Å². The molecular weight excluding hydrogens is 316 g/mol. The lowest BCUT2D eigenvalue weighted by Gasteiger charge is -2.28. The fourth-order valence-corrected chi connectivity index (χ4v) is 4.05. The van der Waals surface area contributed by atoms with E-state index in [9.17, 15) is 14.7 Å². The molecule has 0 bridgehead atoms. The molecule has 0 aliphatic carbocycles.